The van der Waals surface area contributed by atoms with Crippen molar-refractivity contribution >= 4 is 17.5 Å². The zero-order chi connectivity index (χ0) is 20.5. The summed E-state index contributed by atoms with van der Waals surface area (Å²) in [6.07, 6.45) is 5.12. The van der Waals surface area contributed by atoms with Gasteiger partial charge in [-0.2, -0.15) is 5.10 Å². The van der Waals surface area contributed by atoms with Gasteiger partial charge in [0.15, 0.2) is 5.78 Å². The fourth-order valence-electron chi connectivity index (χ4n) is 3.48. The fraction of sp³-hybridized carbons (Fsp3) is 0.286. The van der Waals surface area contributed by atoms with Crippen LogP contribution in [0.25, 0.3) is 5.69 Å². The Kier molecular flexibility index (Phi) is 4.84. The summed E-state index contributed by atoms with van der Waals surface area (Å²) in [5, 5.41) is 4.29. The van der Waals surface area contributed by atoms with Gasteiger partial charge >= 0.3 is 0 Å². The van der Waals surface area contributed by atoms with E-state index in [-0.39, 0.29) is 23.3 Å². The van der Waals surface area contributed by atoms with E-state index in [2.05, 4.69) is 15.1 Å². The van der Waals surface area contributed by atoms with Gasteiger partial charge in [-0.1, -0.05) is 17.7 Å². The highest BCUT2D eigenvalue weighted by molar-refractivity contribution is 6.02. The monoisotopic (exact) mass is 390 g/mol. The molecule has 1 fully saturated rings. The van der Waals surface area contributed by atoms with Crippen molar-refractivity contribution < 1.29 is 9.59 Å². The van der Waals surface area contributed by atoms with E-state index in [4.69, 9.17) is 5.73 Å². The van der Waals surface area contributed by atoms with E-state index in [0.717, 1.165) is 16.9 Å². The van der Waals surface area contributed by atoms with Crippen molar-refractivity contribution in [3.05, 3.63) is 65.4 Å². The van der Waals surface area contributed by atoms with Gasteiger partial charge in [0.1, 0.15) is 11.5 Å². The highest BCUT2D eigenvalue weighted by Gasteiger charge is 2.34. The predicted molar refractivity (Wildman–Crippen MR) is 108 cm³/mol. The molecule has 29 heavy (non-hydrogen) atoms. The first-order valence-corrected chi connectivity index (χ1v) is 9.46. The molecule has 2 aromatic heterocycles. The average molecular weight is 390 g/mol. The standard InChI is InChI=1S/C21H22N6O2/c1-13-3-5-16(6-4-13)27-20(22)17(10-25-27)19(28)15-7-8-26(12-15)21(29)18-11-23-14(2)9-24-18/h3-6,9-11,15H,7-8,12,22H2,1-2H3/t15-/m1/s1. The van der Waals surface area contributed by atoms with E-state index < -0.39 is 0 Å². The number of rotatable bonds is 4. The highest BCUT2D eigenvalue weighted by atomic mass is 16.2. The number of hydrogen-bond donors (Lipinski definition) is 1. The largest absolute Gasteiger partial charge is 0.383 e. The van der Waals surface area contributed by atoms with Gasteiger partial charge in [-0.05, 0) is 32.4 Å². The molecule has 1 aromatic carbocycles. The molecule has 1 atom stereocenters. The van der Waals surface area contributed by atoms with Gasteiger partial charge in [0, 0.05) is 25.2 Å². The summed E-state index contributed by atoms with van der Waals surface area (Å²) in [4.78, 5) is 35.5. The summed E-state index contributed by atoms with van der Waals surface area (Å²) in [5.74, 6) is -0.300. The maximum absolute atomic E-state index is 13.0. The molecule has 1 aliphatic rings. The first-order chi connectivity index (χ1) is 13.9. The third-order valence-electron chi connectivity index (χ3n) is 5.20. The van der Waals surface area contributed by atoms with Crippen LogP contribution in [0.2, 0.25) is 0 Å². The summed E-state index contributed by atoms with van der Waals surface area (Å²) in [7, 11) is 0. The highest BCUT2D eigenvalue weighted by Crippen LogP contribution is 2.26. The van der Waals surface area contributed by atoms with Crippen LogP contribution in [0.3, 0.4) is 0 Å². The van der Waals surface area contributed by atoms with Crippen molar-refractivity contribution in [1.82, 2.24) is 24.6 Å². The van der Waals surface area contributed by atoms with Gasteiger partial charge in [-0.15, -0.1) is 0 Å². The van der Waals surface area contributed by atoms with Gasteiger partial charge in [-0.3, -0.25) is 14.6 Å². The second-order valence-electron chi connectivity index (χ2n) is 7.33. The number of anilines is 1. The molecule has 3 aromatic rings. The molecule has 0 bridgehead atoms. The predicted octanol–water partition coefficient (Wildman–Crippen LogP) is 2.21. The molecule has 1 saturated heterocycles. The van der Waals surface area contributed by atoms with Crippen molar-refractivity contribution in [1.29, 1.82) is 0 Å². The lowest BCUT2D eigenvalue weighted by Gasteiger charge is -2.15. The number of nitrogens with two attached hydrogens (primary N) is 1. The fourth-order valence-corrected chi connectivity index (χ4v) is 3.48. The molecule has 1 aliphatic heterocycles. The van der Waals surface area contributed by atoms with E-state index in [0.29, 0.717) is 30.9 Å². The molecule has 3 heterocycles. The van der Waals surface area contributed by atoms with Crippen LogP contribution < -0.4 is 5.73 Å². The number of carbonyl (C=O) groups is 2. The molecular formula is C21H22N6O2. The first-order valence-electron chi connectivity index (χ1n) is 9.46. The molecule has 0 aliphatic carbocycles. The normalized spacial score (nSPS) is 16.2. The maximum Gasteiger partial charge on any atom is 0.274 e. The van der Waals surface area contributed by atoms with E-state index in [1.165, 1.54) is 12.4 Å². The zero-order valence-corrected chi connectivity index (χ0v) is 16.4. The number of likely N-dealkylation sites (tertiary alicyclic amines) is 1. The minimum atomic E-state index is -0.310. The van der Waals surface area contributed by atoms with Crippen LogP contribution in [0.1, 0.15) is 38.5 Å². The topological polar surface area (TPSA) is 107 Å². The molecule has 1 amide bonds. The Balaban J connectivity index is 1.49. The Bertz CT molecular complexity index is 1060. The summed E-state index contributed by atoms with van der Waals surface area (Å²) >= 11 is 0. The zero-order valence-electron chi connectivity index (χ0n) is 16.4. The first kappa shape index (κ1) is 18.8. The average Bonchev–Trinajstić information content (AvgIpc) is 3.36. The Morgan fingerprint density at radius 1 is 1.07 bits per heavy atom. The number of benzene rings is 1. The van der Waals surface area contributed by atoms with E-state index >= 15 is 0 Å². The molecule has 0 spiro atoms. The van der Waals surface area contributed by atoms with Gasteiger partial charge < -0.3 is 10.6 Å². The molecule has 148 valence electrons. The second kappa shape index (κ2) is 7.46. The maximum atomic E-state index is 13.0. The molecule has 0 unspecified atom stereocenters. The Hall–Kier alpha value is -3.55. The minimum absolute atomic E-state index is 0.0915. The van der Waals surface area contributed by atoms with Crippen LogP contribution in [0.15, 0.2) is 42.9 Å². The van der Waals surface area contributed by atoms with Crippen molar-refractivity contribution in [2.45, 2.75) is 20.3 Å². The number of carbonyl (C=O) groups excluding carboxylic acids is 2. The number of amides is 1. The Morgan fingerprint density at radius 2 is 1.83 bits per heavy atom. The molecule has 8 heteroatoms. The summed E-state index contributed by atoms with van der Waals surface area (Å²) < 4.78 is 1.56. The minimum Gasteiger partial charge on any atom is -0.383 e. The molecule has 0 saturated carbocycles. The lowest BCUT2D eigenvalue weighted by molar-refractivity contribution is 0.0774. The number of hydrogen-bond acceptors (Lipinski definition) is 6. The van der Waals surface area contributed by atoms with Crippen LogP contribution in [0.5, 0.6) is 0 Å². The summed E-state index contributed by atoms with van der Waals surface area (Å²) in [5.41, 5.74) is 9.57. The number of nitrogens with zero attached hydrogens (tertiary/aromatic N) is 5. The Morgan fingerprint density at radius 3 is 2.52 bits per heavy atom. The second-order valence-corrected chi connectivity index (χ2v) is 7.33. The Labute approximate surface area is 168 Å². The molecule has 0 radical (unpaired) electrons. The van der Waals surface area contributed by atoms with Crippen LogP contribution >= 0.6 is 0 Å². The lowest BCUT2D eigenvalue weighted by Crippen LogP contribution is -2.30. The third kappa shape index (κ3) is 3.61. The number of ketones is 1. The summed E-state index contributed by atoms with van der Waals surface area (Å²) in [6.45, 7) is 4.65. The van der Waals surface area contributed by atoms with Gasteiger partial charge in [-0.25, -0.2) is 9.67 Å². The number of aryl methyl sites for hydroxylation is 2. The van der Waals surface area contributed by atoms with Gasteiger partial charge in [0.05, 0.1) is 29.3 Å². The number of aromatic nitrogens is 4. The van der Waals surface area contributed by atoms with Crippen molar-refractivity contribution in [2.75, 3.05) is 18.8 Å². The number of Topliss-reactive ketones (excluding diaryl/α,β-unsaturated/α-hetero) is 1. The quantitative estimate of drug-likeness (QED) is 0.685. The lowest BCUT2D eigenvalue weighted by atomic mass is 9.98. The molecular weight excluding hydrogens is 368 g/mol. The van der Waals surface area contributed by atoms with E-state index in [1.807, 2.05) is 38.1 Å². The van der Waals surface area contributed by atoms with Crippen molar-refractivity contribution in [2.24, 2.45) is 5.92 Å². The summed E-state index contributed by atoms with van der Waals surface area (Å²) in [6, 6.07) is 7.75. The molecule has 4 rings (SSSR count). The molecule has 2 N–H and O–H groups in total. The SMILES string of the molecule is Cc1ccc(-n2ncc(C(=O)[C@@H]3CCN(C(=O)c4cnc(C)cn4)C3)c2N)cc1. The van der Waals surface area contributed by atoms with E-state index in [9.17, 15) is 9.59 Å². The van der Waals surface area contributed by atoms with Crippen LogP contribution in [0.4, 0.5) is 5.82 Å². The van der Waals surface area contributed by atoms with Crippen molar-refractivity contribution in [3.8, 4) is 5.69 Å². The number of nitrogen functional groups attached to an aromatic ring is 1. The smallest absolute Gasteiger partial charge is 0.274 e. The van der Waals surface area contributed by atoms with E-state index in [1.54, 1.807) is 15.8 Å². The van der Waals surface area contributed by atoms with Crippen LogP contribution in [-0.4, -0.2) is 49.4 Å². The van der Waals surface area contributed by atoms with Gasteiger partial charge in [0.25, 0.3) is 5.91 Å². The van der Waals surface area contributed by atoms with Gasteiger partial charge in [0.2, 0.25) is 0 Å². The van der Waals surface area contributed by atoms with Crippen molar-refractivity contribution in [3.63, 3.8) is 0 Å². The van der Waals surface area contributed by atoms with Crippen LogP contribution in [0, 0.1) is 19.8 Å². The van der Waals surface area contributed by atoms with Crippen LogP contribution in [-0.2, 0) is 0 Å². The molecule has 8 nitrogen and oxygen atoms in total. The third-order valence-corrected chi connectivity index (χ3v) is 5.20.